The molecule has 0 unspecified atom stereocenters. The third-order valence-electron chi connectivity index (χ3n) is 3.37. The molecule has 1 heterocycles. The SMILES string of the molecule is B[C@@H]1O[C@H](CO)[C@@H](C)[C@]1(C)CF. The third kappa shape index (κ3) is 1.27. The first-order valence-electron chi connectivity index (χ1n) is 4.38. The topological polar surface area (TPSA) is 29.5 Å². The highest BCUT2D eigenvalue weighted by Crippen LogP contribution is 2.42. The fraction of sp³-hybridized carbons (Fsp3) is 1.00. The molecule has 1 aliphatic heterocycles. The maximum Gasteiger partial charge on any atom is 0.140 e. The van der Waals surface area contributed by atoms with Crippen molar-refractivity contribution in [1.82, 2.24) is 0 Å². The minimum atomic E-state index is -0.423. The molecular weight excluding hydrogens is 158 g/mol. The number of ether oxygens (including phenoxy) is 1. The van der Waals surface area contributed by atoms with Crippen LogP contribution < -0.4 is 0 Å². The summed E-state index contributed by atoms with van der Waals surface area (Å²) in [5, 5.41) is 8.93. The van der Waals surface area contributed by atoms with Gasteiger partial charge in [0.2, 0.25) is 0 Å². The van der Waals surface area contributed by atoms with Gasteiger partial charge in [-0.05, 0) is 5.92 Å². The molecule has 0 radical (unpaired) electrons. The van der Waals surface area contributed by atoms with Crippen molar-refractivity contribution in [2.45, 2.75) is 26.0 Å². The third-order valence-corrected chi connectivity index (χ3v) is 3.37. The van der Waals surface area contributed by atoms with Crippen molar-refractivity contribution in [2.24, 2.45) is 11.3 Å². The molecule has 0 saturated carbocycles. The minimum absolute atomic E-state index is 0.0128. The Morgan fingerprint density at radius 1 is 1.67 bits per heavy atom. The highest BCUT2D eigenvalue weighted by molar-refractivity contribution is 6.11. The lowest BCUT2D eigenvalue weighted by molar-refractivity contribution is 0.0253. The monoisotopic (exact) mass is 174 g/mol. The molecule has 0 aromatic carbocycles. The van der Waals surface area contributed by atoms with Crippen LogP contribution in [0.15, 0.2) is 0 Å². The summed E-state index contributed by atoms with van der Waals surface area (Å²) in [6, 6.07) is -0.102. The second-order valence-corrected chi connectivity index (χ2v) is 3.93. The number of aliphatic hydroxyl groups excluding tert-OH is 1. The molecule has 12 heavy (non-hydrogen) atoms. The number of aliphatic hydroxyl groups is 1. The van der Waals surface area contributed by atoms with Gasteiger partial charge in [-0.25, -0.2) is 0 Å². The zero-order valence-electron chi connectivity index (χ0n) is 7.88. The Hall–Kier alpha value is -0.0851. The Balaban J connectivity index is 2.76. The predicted octanol–water partition coefficient (Wildman–Crippen LogP) is -0.0514. The van der Waals surface area contributed by atoms with Crippen molar-refractivity contribution in [3.63, 3.8) is 0 Å². The smallest absolute Gasteiger partial charge is 0.140 e. The van der Waals surface area contributed by atoms with E-state index in [9.17, 15) is 4.39 Å². The predicted molar refractivity (Wildman–Crippen MR) is 47.5 cm³/mol. The van der Waals surface area contributed by atoms with E-state index < -0.39 is 5.41 Å². The van der Waals surface area contributed by atoms with Gasteiger partial charge in [0.05, 0.1) is 19.4 Å². The molecule has 1 rings (SSSR count). The van der Waals surface area contributed by atoms with E-state index in [1.807, 2.05) is 21.7 Å². The molecule has 0 aliphatic carbocycles. The molecule has 0 amide bonds. The molecule has 0 aromatic rings. The number of alkyl halides is 1. The van der Waals surface area contributed by atoms with Gasteiger partial charge in [-0.3, -0.25) is 4.39 Å². The van der Waals surface area contributed by atoms with Crippen LogP contribution in [-0.4, -0.2) is 38.3 Å². The molecule has 4 heteroatoms. The average Bonchev–Trinajstić information content (AvgIpc) is 2.30. The zero-order chi connectivity index (χ0) is 9.35. The van der Waals surface area contributed by atoms with Crippen molar-refractivity contribution >= 4 is 7.85 Å². The first-order chi connectivity index (χ1) is 5.56. The molecule has 0 spiro atoms. The molecular formula is C8H16BFO2. The van der Waals surface area contributed by atoms with E-state index in [0.29, 0.717) is 0 Å². The summed E-state index contributed by atoms with van der Waals surface area (Å²) in [5.74, 6) is 0.0856. The first-order valence-corrected chi connectivity index (χ1v) is 4.38. The summed E-state index contributed by atoms with van der Waals surface area (Å²) in [5.41, 5.74) is -0.423. The second kappa shape index (κ2) is 3.34. The highest BCUT2D eigenvalue weighted by atomic mass is 19.1. The van der Waals surface area contributed by atoms with E-state index in [0.717, 1.165) is 0 Å². The molecule has 1 N–H and O–H groups in total. The van der Waals surface area contributed by atoms with Crippen LogP contribution in [0, 0.1) is 11.3 Å². The maximum absolute atomic E-state index is 12.7. The second-order valence-electron chi connectivity index (χ2n) is 3.93. The van der Waals surface area contributed by atoms with Gasteiger partial charge >= 0.3 is 0 Å². The maximum atomic E-state index is 12.7. The summed E-state index contributed by atoms with van der Waals surface area (Å²) < 4.78 is 18.2. The Bertz CT molecular complexity index is 167. The van der Waals surface area contributed by atoms with Gasteiger partial charge in [0.1, 0.15) is 7.85 Å². The number of rotatable bonds is 2. The van der Waals surface area contributed by atoms with Crippen molar-refractivity contribution in [1.29, 1.82) is 0 Å². The molecule has 70 valence electrons. The first kappa shape index (κ1) is 10.00. The standard InChI is InChI=1S/C8H16BFO2/c1-5-6(3-11)12-7(9)8(5,2)4-10/h5-7,11H,3-4,9H2,1-2H3/t5-,6-,7-,8+/m1/s1. The van der Waals surface area contributed by atoms with Gasteiger partial charge in [0.25, 0.3) is 0 Å². The van der Waals surface area contributed by atoms with Gasteiger partial charge < -0.3 is 9.84 Å². The molecule has 1 fully saturated rings. The summed E-state index contributed by atoms with van der Waals surface area (Å²) in [6.07, 6.45) is -0.194. The van der Waals surface area contributed by atoms with E-state index >= 15 is 0 Å². The zero-order valence-corrected chi connectivity index (χ0v) is 7.88. The van der Waals surface area contributed by atoms with Crippen molar-refractivity contribution in [2.75, 3.05) is 13.3 Å². The lowest BCUT2D eigenvalue weighted by Crippen LogP contribution is -2.35. The van der Waals surface area contributed by atoms with E-state index in [1.165, 1.54) is 0 Å². The average molecular weight is 174 g/mol. The normalized spacial score (nSPS) is 48.2. The van der Waals surface area contributed by atoms with Crippen molar-refractivity contribution in [3.8, 4) is 0 Å². The fourth-order valence-electron chi connectivity index (χ4n) is 1.76. The quantitative estimate of drug-likeness (QED) is 0.594. The van der Waals surface area contributed by atoms with Crippen LogP contribution in [0.3, 0.4) is 0 Å². The van der Waals surface area contributed by atoms with E-state index in [4.69, 9.17) is 9.84 Å². The Morgan fingerprint density at radius 3 is 2.50 bits per heavy atom. The fourth-order valence-corrected chi connectivity index (χ4v) is 1.76. The van der Waals surface area contributed by atoms with Crippen LogP contribution >= 0.6 is 0 Å². The molecule has 1 aliphatic rings. The summed E-state index contributed by atoms with van der Waals surface area (Å²) in [7, 11) is 1.87. The Kier molecular flexibility index (Phi) is 2.79. The van der Waals surface area contributed by atoms with Crippen LogP contribution in [0.2, 0.25) is 0 Å². The summed E-state index contributed by atoms with van der Waals surface area (Å²) in [4.78, 5) is 0. The lowest BCUT2D eigenvalue weighted by atomic mass is 9.68. The van der Waals surface area contributed by atoms with Gasteiger partial charge in [0.15, 0.2) is 0 Å². The van der Waals surface area contributed by atoms with E-state index in [-0.39, 0.29) is 31.3 Å². The van der Waals surface area contributed by atoms with Crippen LogP contribution in [0.25, 0.3) is 0 Å². The molecule has 4 atom stereocenters. The van der Waals surface area contributed by atoms with Crippen molar-refractivity contribution < 1.29 is 14.2 Å². The van der Waals surface area contributed by atoms with Crippen LogP contribution in [-0.2, 0) is 4.74 Å². The number of hydrogen-bond acceptors (Lipinski definition) is 2. The molecule has 0 aromatic heterocycles. The van der Waals surface area contributed by atoms with Gasteiger partial charge in [-0.15, -0.1) is 0 Å². The van der Waals surface area contributed by atoms with Crippen molar-refractivity contribution in [3.05, 3.63) is 0 Å². The molecule has 0 bridgehead atoms. The van der Waals surface area contributed by atoms with Gasteiger partial charge in [-0.1, -0.05) is 13.8 Å². The minimum Gasteiger partial charge on any atom is -0.394 e. The van der Waals surface area contributed by atoms with E-state index in [2.05, 4.69) is 0 Å². The van der Waals surface area contributed by atoms with E-state index in [1.54, 1.807) is 0 Å². The molecule has 2 nitrogen and oxygen atoms in total. The highest BCUT2D eigenvalue weighted by Gasteiger charge is 2.48. The van der Waals surface area contributed by atoms with Crippen LogP contribution in [0.4, 0.5) is 4.39 Å². The summed E-state index contributed by atoms with van der Waals surface area (Å²) >= 11 is 0. The summed E-state index contributed by atoms with van der Waals surface area (Å²) in [6.45, 7) is 3.41. The van der Waals surface area contributed by atoms with Gasteiger partial charge in [-0.2, -0.15) is 0 Å². The van der Waals surface area contributed by atoms with Crippen LogP contribution in [0.5, 0.6) is 0 Å². The number of hydrogen-bond donors (Lipinski definition) is 1. The lowest BCUT2D eigenvalue weighted by Gasteiger charge is -2.28. The van der Waals surface area contributed by atoms with Gasteiger partial charge in [0, 0.05) is 11.4 Å². The Morgan fingerprint density at radius 2 is 2.25 bits per heavy atom. The molecule has 1 saturated heterocycles. The Labute approximate surface area is 73.5 Å². The number of halogens is 1. The van der Waals surface area contributed by atoms with Crippen LogP contribution in [0.1, 0.15) is 13.8 Å². The largest absolute Gasteiger partial charge is 0.394 e.